The number of rotatable bonds is 2. The van der Waals surface area contributed by atoms with Crippen LogP contribution in [0.15, 0.2) is 36.7 Å². The van der Waals surface area contributed by atoms with E-state index in [1.807, 2.05) is 0 Å². The number of imide groups is 1. The van der Waals surface area contributed by atoms with Crippen molar-refractivity contribution in [1.82, 2.24) is 4.98 Å². The fourth-order valence-corrected chi connectivity index (χ4v) is 2.32. The monoisotopic (exact) mass is 302 g/mol. The highest BCUT2D eigenvalue weighted by atomic mass is 35.5. The number of pyridine rings is 1. The molecule has 0 bridgehead atoms. The van der Waals surface area contributed by atoms with Gasteiger partial charge in [0.1, 0.15) is 0 Å². The number of carboxylic acids is 1. The highest BCUT2D eigenvalue weighted by molar-refractivity contribution is 6.39. The highest BCUT2D eigenvalue weighted by Gasteiger charge is 2.37. The standard InChI is InChI=1S/C14H7ClN2O4/c15-10-2-1-7(14(20)21)5-11(10)17-12(18)8-3-4-16-6-9(8)13(17)19/h1-6H,(H,20,21). The topological polar surface area (TPSA) is 87.6 Å². The first kappa shape index (κ1) is 13.3. The molecule has 6 nitrogen and oxygen atoms in total. The van der Waals surface area contributed by atoms with Crippen LogP contribution in [0.5, 0.6) is 0 Å². The molecule has 1 N–H and O–H groups in total. The van der Waals surface area contributed by atoms with Crippen LogP contribution in [0.3, 0.4) is 0 Å². The lowest BCUT2D eigenvalue weighted by Gasteiger charge is -2.16. The Kier molecular flexibility index (Phi) is 2.95. The Hall–Kier alpha value is -2.73. The molecule has 0 radical (unpaired) electrons. The third-order valence-electron chi connectivity index (χ3n) is 3.12. The quantitative estimate of drug-likeness (QED) is 0.860. The summed E-state index contributed by atoms with van der Waals surface area (Å²) < 4.78 is 0. The third-order valence-corrected chi connectivity index (χ3v) is 3.44. The second-order valence-corrected chi connectivity index (χ2v) is 4.75. The summed E-state index contributed by atoms with van der Waals surface area (Å²) >= 11 is 6.00. The molecule has 0 saturated heterocycles. The van der Waals surface area contributed by atoms with E-state index in [-0.39, 0.29) is 27.4 Å². The third kappa shape index (κ3) is 1.96. The van der Waals surface area contributed by atoms with Crippen molar-refractivity contribution in [3.05, 3.63) is 58.4 Å². The van der Waals surface area contributed by atoms with Gasteiger partial charge in [-0.1, -0.05) is 11.6 Å². The molecule has 1 aliphatic heterocycles. The molecule has 1 aliphatic rings. The number of amides is 2. The molecule has 0 saturated carbocycles. The first-order valence-electron chi connectivity index (χ1n) is 5.86. The molecular weight excluding hydrogens is 296 g/mol. The van der Waals surface area contributed by atoms with E-state index in [2.05, 4.69) is 4.98 Å². The van der Waals surface area contributed by atoms with Crippen molar-refractivity contribution in [1.29, 1.82) is 0 Å². The predicted molar refractivity (Wildman–Crippen MR) is 73.8 cm³/mol. The van der Waals surface area contributed by atoms with Crippen LogP contribution in [0.25, 0.3) is 0 Å². The van der Waals surface area contributed by atoms with Gasteiger partial charge in [0, 0.05) is 12.4 Å². The molecule has 21 heavy (non-hydrogen) atoms. The maximum Gasteiger partial charge on any atom is 0.335 e. The van der Waals surface area contributed by atoms with Crippen molar-refractivity contribution in [3.63, 3.8) is 0 Å². The van der Waals surface area contributed by atoms with Gasteiger partial charge >= 0.3 is 5.97 Å². The van der Waals surface area contributed by atoms with Crippen LogP contribution in [0.1, 0.15) is 31.1 Å². The maximum atomic E-state index is 12.3. The molecule has 2 aromatic rings. The molecule has 7 heteroatoms. The number of aromatic carboxylic acids is 1. The Morgan fingerprint density at radius 1 is 1.14 bits per heavy atom. The number of hydrogen-bond acceptors (Lipinski definition) is 4. The zero-order chi connectivity index (χ0) is 15.1. The summed E-state index contributed by atoms with van der Waals surface area (Å²) in [6.07, 6.45) is 2.70. The number of carbonyl (C=O) groups is 3. The first-order chi connectivity index (χ1) is 10.0. The van der Waals surface area contributed by atoms with Gasteiger partial charge < -0.3 is 5.11 Å². The molecule has 3 rings (SSSR count). The summed E-state index contributed by atoms with van der Waals surface area (Å²) in [4.78, 5) is 40.3. The van der Waals surface area contributed by atoms with Crippen LogP contribution < -0.4 is 4.90 Å². The molecule has 0 spiro atoms. The largest absolute Gasteiger partial charge is 0.478 e. The zero-order valence-electron chi connectivity index (χ0n) is 10.4. The molecule has 0 aliphatic carbocycles. The van der Waals surface area contributed by atoms with Crippen molar-refractivity contribution in [3.8, 4) is 0 Å². The molecule has 0 atom stereocenters. The number of aromatic nitrogens is 1. The fourth-order valence-electron chi connectivity index (χ4n) is 2.12. The summed E-state index contributed by atoms with van der Waals surface area (Å²) in [5.74, 6) is -2.31. The second-order valence-electron chi connectivity index (χ2n) is 4.34. The molecule has 104 valence electrons. The highest BCUT2D eigenvalue weighted by Crippen LogP contribution is 2.33. The normalized spacial score (nSPS) is 13.5. The lowest BCUT2D eigenvalue weighted by atomic mass is 10.2. The van der Waals surface area contributed by atoms with Crippen molar-refractivity contribution >= 4 is 35.1 Å². The van der Waals surface area contributed by atoms with Gasteiger partial charge in [0.25, 0.3) is 11.8 Å². The number of nitrogens with zero attached hydrogens (tertiary/aromatic N) is 2. The van der Waals surface area contributed by atoms with Crippen molar-refractivity contribution in [2.45, 2.75) is 0 Å². The van der Waals surface area contributed by atoms with Gasteiger partial charge in [-0.3, -0.25) is 14.6 Å². The SMILES string of the molecule is O=C(O)c1ccc(Cl)c(N2C(=O)c3ccncc3C2=O)c1. The molecular formula is C14H7ClN2O4. The average Bonchev–Trinajstić information content (AvgIpc) is 2.72. The van der Waals surface area contributed by atoms with Gasteiger partial charge in [0.05, 0.1) is 27.4 Å². The van der Waals surface area contributed by atoms with Crippen LogP contribution in [-0.4, -0.2) is 27.9 Å². The van der Waals surface area contributed by atoms with E-state index in [0.717, 1.165) is 4.90 Å². The van der Waals surface area contributed by atoms with Gasteiger partial charge in [0.2, 0.25) is 0 Å². The summed E-state index contributed by atoms with van der Waals surface area (Å²) in [7, 11) is 0. The Bertz CT molecular complexity index is 768. The second kappa shape index (κ2) is 4.68. The zero-order valence-corrected chi connectivity index (χ0v) is 11.2. The van der Waals surface area contributed by atoms with Crippen molar-refractivity contribution < 1.29 is 19.5 Å². The van der Waals surface area contributed by atoms with E-state index in [9.17, 15) is 14.4 Å². The van der Waals surface area contributed by atoms with E-state index in [4.69, 9.17) is 16.7 Å². The summed E-state index contributed by atoms with van der Waals surface area (Å²) in [5.41, 5.74) is 0.359. The number of halogens is 1. The fraction of sp³-hybridized carbons (Fsp3) is 0. The van der Waals surface area contributed by atoms with E-state index >= 15 is 0 Å². The van der Waals surface area contributed by atoms with Gasteiger partial charge in [-0.25, -0.2) is 9.69 Å². The minimum absolute atomic E-state index is 0.0442. The summed E-state index contributed by atoms with van der Waals surface area (Å²) in [6, 6.07) is 5.26. The lowest BCUT2D eigenvalue weighted by molar-refractivity contribution is 0.0695. The number of benzene rings is 1. The van der Waals surface area contributed by atoms with Crippen LogP contribution in [-0.2, 0) is 0 Å². The van der Waals surface area contributed by atoms with Crippen LogP contribution >= 0.6 is 11.6 Å². The summed E-state index contributed by atoms with van der Waals surface area (Å²) in [6.45, 7) is 0. The van der Waals surface area contributed by atoms with Crippen molar-refractivity contribution in [2.75, 3.05) is 4.90 Å². The Labute approximate surface area is 123 Å². The number of carbonyl (C=O) groups excluding carboxylic acids is 2. The predicted octanol–water partition coefficient (Wildman–Crippen LogP) is 2.23. The molecule has 0 fully saturated rings. The van der Waals surface area contributed by atoms with Crippen molar-refractivity contribution in [2.24, 2.45) is 0 Å². The Morgan fingerprint density at radius 2 is 1.86 bits per heavy atom. The number of hydrogen-bond donors (Lipinski definition) is 1. The molecule has 1 aromatic heterocycles. The van der Waals surface area contributed by atoms with E-state index in [1.165, 1.54) is 36.7 Å². The van der Waals surface area contributed by atoms with Gasteiger partial charge in [-0.2, -0.15) is 0 Å². The van der Waals surface area contributed by atoms with Crippen LogP contribution in [0.2, 0.25) is 5.02 Å². The summed E-state index contributed by atoms with van der Waals surface area (Å²) in [5, 5.41) is 9.12. The molecule has 2 amide bonds. The van der Waals surface area contributed by atoms with Gasteiger partial charge in [-0.05, 0) is 24.3 Å². The maximum absolute atomic E-state index is 12.3. The van der Waals surface area contributed by atoms with E-state index in [1.54, 1.807) is 0 Å². The number of carboxylic acid groups (broad SMARTS) is 1. The minimum Gasteiger partial charge on any atom is -0.478 e. The lowest BCUT2D eigenvalue weighted by Crippen LogP contribution is -2.29. The van der Waals surface area contributed by atoms with Crippen LogP contribution in [0.4, 0.5) is 5.69 Å². The molecule has 2 heterocycles. The minimum atomic E-state index is -1.17. The first-order valence-corrected chi connectivity index (χ1v) is 6.24. The van der Waals surface area contributed by atoms with E-state index < -0.39 is 17.8 Å². The Balaban J connectivity index is 2.15. The van der Waals surface area contributed by atoms with E-state index in [0.29, 0.717) is 0 Å². The van der Waals surface area contributed by atoms with Gasteiger partial charge in [0.15, 0.2) is 0 Å². The molecule has 1 aromatic carbocycles. The average molecular weight is 303 g/mol. The smallest absolute Gasteiger partial charge is 0.335 e. The molecule has 0 unspecified atom stereocenters. The Morgan fingerprint density at radius 3 is 2.52 bits per heavy atom. The number of anilines is 1. The number of fused-ring (bicyclic) bond motifs is 1. The van der Waals surface area contributed by atoms with Crippen LogP contribution in [0, 0.1) is 0 Å². The van der Waals surface area contributed by atoms with Gasteiger partial charge in [-0.15, -0.1) is 0 Å².